The topological polar surface area (TPSA) is 346 Å². The van der Waals surface area contributed by atoms with E-state index in [9.17, 15) is 31.6 Å². The molecule has 10 aromatic heterocycles. The van der Waals surface area contributed by atoms with Crippen LogP contribution in [-0.2, 0) is 0 Å². The third kappa shape index (κ3) is 6.94. The van der Waals surface area contributed by atoms with Crippen molar-refractivity contribution in [3.8, 4) is 127 Å². The fourth-order valence-electron chi connectivity index (χ4n) is 9.53. The summed E-state index contributed by atoms with van der Waals surface area (Å²) in [5, 5.41) is 99.7. The molecule has 1 aliphatic carbocycles. The lowest BCUT2D eigenvalue weighted by molar-refractivity contribution is 0.773. The first-order valence-corrected chi connectivity index (χ1v) is 23.0. The van der Waals surface area contributed by atoms with Crippen molar-refractivity contribution in [2.75, 3.05) is 0 Å². The second kappa shape index (κ2) is 18.0. The Labute approximate surface area is 446 Å². The fraction of sp³-hybridized carbons (Fsp3) is 0. The predicted molar refractivity (Wildman–Crippen MR) is 271 cm³/mol. The van der Waals surface area contributed by atoms with Crippen LogP contribution in [0.5, 0.6) is 0 Å². The Kier molecular flexibility index (Phi) is 10.4. The second-order valence-electron chi connectivity index (χ2n) is 16.8. The van der Waals surface area contributed by atoms with E-state index in [1.165, 1.54) is 160 Å². The average Bonchev–Trinajstić information content (AvgIpc) is 4.32. The van der Waals surface area contributed by atoms with Crippen LogP contribution in [-0.4, -0.2) is 98.2 Å². The van der Waals surface area contributed by atoms with E-state index in [-0.39, 0.29) is 136 Å². The molecule has 0 saturated heterocycles. The molecule has 0 bridgehead atoms. The van der Waals surface area contributed by atoms with Gasteiger partial charge in [0.25, 0.3) is 11.6 Å². The first kappa shape index (κ1) is 46.0. The van der Waals surface area contributed by atoms with Gasteiger partial charge in [-0.25, -0.2) is 28.1 Å². The van der Waals surface area contributed by atoms with Crippen molar-refractivity contribution < 1.29 is 0 Å². The molecule has 28 nitrogen and oxygen atoms in total. The number of aromatic nitrogens is 20. The van der Waals surface area contributed by atoms with Gasteiger partial charge >= 0.3 is 0 Å². The first-order valence-electron chi connectivity index (χ1n) is 23.0. The number of nitriles is 6. The highest BCUT2D eigenvalue weighted by molar-refractivity contribution is 6.11. The molecule has 12 aromatic rings. The van der Waals surface area contributed by atoms with E-state index in [0.29, 0.717) is 0 Å². The van der Waals surface area contributed by atoms with Gasteiger partial charge in [0.05, 0.1) is 22.8 Å². The lowest BCUT2D eigenvalue weighted by Crippen LogP contribution is -2.21. The van der Waals surface area contributed by atoms with Gasteiger partial charge in [-0.05, 0) is 58.7 Å². The summed E-state index contributed by atoms with van der Waals surface area (Å²) in [6.07, 6.45) is 18.0. The van der Waals surface area contributed by atoms with Gasteiger partial charge in [-0.15, -0.1) is 0 Å². The minimum atomic E-state index is -0.0376. The Hall–Kier alpha value is -13.8. The normalized spacial score (nSPS) is 10.9. The van der Waals surface area contributed by atoms with E-state index in [1.807, 2.05) is 0 Å². The zero-order chi connectivity index (χ0) is 54.8. The van der Waals surface area contributed by atoms with Gasteiger partial charge in [0.1, 0.15) is 81.9 Å². The maximum Gasteiger partial charge on any atom is 0.295 e. The Morgan fingerprint density at radius 2 is 0.487 bits per heavy atom. The van der Waals surface area contributed by atoms with Gasteiger partial charge in [0.2, 0.25) is 0 Å². The van der Waals surface area contributed by atoms with Crippen molar-refractivity contribution in [1.29, 1.82) is 31.6 Å². The van der Waals surface area contributed by atoms with Crippen LogP contribution in [0.2, 0.25) is 0 Å². The molecule has 0 unspecified atom stereocenters. The second-order valence-corrected chi connectivity index (χ2v) is 16.8. The molecule has 0 N–H and O–H groups in total. The molecule has 0 radical (unpaired) electrons. The van der Waals surface area contributed by atoms with Crippen LogP contribution in [0.25, 0.3) is 100 Å². The highest BCUT2D eigenvalue weighted by atomic mass is 15.4. The SMILES string of the molecule is [C-]#[N+]c1ccn(-c2c3c(c(-n4ccc(C#N)n4)c(-n4ccc(C#N)n4)c2-n2ccc(C#N)n2)-c2nccnc2-c2c(c(-n4ccc([N+]#[C-])n4)c(-n4ccc(C#N)n4)c(-n4ccc(C#N)n4)c2-n2ccc(C#N)n2)-c2nccnc2-3)n1. The van der Waals surface area contributed by atoms with Crippen LogP contribution in [0.3, 0.4) is 0 Å². The molecule has 0 fully saturated rings. The number of nitrogens with zero attached hydrogens (tertiary/aromatic N) is 28. The first-order chi connectivity index (χ1) is 39.3. The number of hydrogen-bond acceptors (Lipinski definition) is 18. The summed E-state index contributed by atoms with van der Waals surface area (Å²) in [6.45, 7) is 16.2. The van der Waals surface area contributed by atoms with Crippen LogP contribution in [0, 0.1) is 81.1 Å². The predicted octanol–water partition coefficient (Wildman–Crippen LogP) is 6.07. The van der Waals surface area contributed by atoms with Crippen LogP contribution >= 0.6 is 0 Å². The van der Waals surface area contributed by atoms with E-state index in [1.54, 1.807) is 0 Å². The molecular weight excluding hydrogens is 1020 g/mol. The summed E-state index contributed by atoms with van der Waals surface area (Å²) < 4.78 is 11.2. The Morgan fingerprint density at radius 3 is 0.675 bits per heavy atom. The van der Waals surface area contributed by atoms with Crippen molar-refractivity contribution in [2.24, 2.45) is 0 Å². The lowest BCUT2D eigenvalue weighted by atomic mass is 9.83. The van der Waals surface area contributed by atoms with Gasteiger partial charge in [-0.3, -0.25) is 19.9 Å². The van der Waals surface area contributed by atoms with Gasteiger partial charge in [0.15, 0.2) is 34.2 Å². The summed E-state index contributed by atoms with van der Waals surface area (Å²) in [5.74, 6) is -0.0753. The average molecular weight is 1040 g/mol. The van der Waals surface area contributed by atoms with E-state index >= 15 is 0 Å². The summed E-state index contributed by atoms with van der Waals surface area (Å²) >= 11 is 0. The minimum absolute atomic E-state index is 0.0131. The van der Waals surface area contributed by atoms with E-state index in [0.717, 1.165) is 0 Å². The Balaban J connectivity index is 1.36. The third-order valence-electron chi connectivity index (χ3n) is 12.6. The van der Waals surface area contributed by atoms with Crippen molar-refractivity contribution in [1.82, 2.24) is 98.2 Å². The molecule has 0 amide bonds. The molecule has 0 spiro atoms. The molecule has 368 valence electrons. The van der Waals surface area contributed by atoms with Gasteiger partial charge in [-0.2, -0.15) is 71.5 Å². The maximum absolute atomic E-state index is 10.4. The van der Waals surface area contributed by atoms with Crippen LogP contribution in [0.4, 0.5) is 11.6 Å². The smallest absolute Gasteiger partial charge is 0.295 e. The molecular formula is C52H20N28. The van der Waals surface area contributed by atoms with Crippen molar-refractivity contribution in [3.05, 3.63) is 180 Å². The van der Waals surface area contributed by atoms with Gasteiger partial charge in [-0.1, -0.05) is 13.1 Å². The molecule has 28 heteroatoms. The standard InChI is InChI=1S/C52H20N28/c1-59-35-9-21-75(71-35)47-39-37(45(73-15-3-29(23-53)65-73)49(77-17-5-31(25-55)67-77)51(47)79-19-7-33(27-57)69-79)41-42(62-12-11-61-41)38-40(44-43(39)63-13-14-64-44)48(76-22-10-36(60-2)72-76)52(80-20-8-34(28-58)70-80)50(78-18-6-32(26-56)68-78)46(38)74-16-4-30(24-54)66-74/h3-22H. The molecule has 1 aliphatic rings. The summed E-state index contributed by atoms with van der Waals surface area (Å²) in [7, 11) is 0. The van der Waals surface area contributed by atoms with E-state index in [2.05, 4.69) is 46.1 Å². The highest BCUT2D eigenvalue weighted by Gasteiger charge is 2.42. The van der Waals surface area contributed by atoms with Gasteiger partial charge in [0, 0.05) is 96.6 Å². The third-order valence-corrected chi connectivity index (χ3v) is 12.6. The highest BCUT2D eigenvalue weighted by Crippen LogP contribution is 2.56. The van der Waals surface area contributed by atoms with E-state index in [4.69, 9.17) is 73.9 Å². The molecule has 13 rings (SSSR count). The molecule has 0 saturated carbocycles. The fourth-order valence-corrected chi connectivity index (χ4v) is 9.53. The summed E-state index contributed by atoms with van der Waals surface area (Å²) in [6, 6.07) is 24.3. The maximum atomic E-state index is 10.4. The summed E-state index contributed by atoms with van der Waals surface area (Å²) in [4.78, 5) is 27.9. The zero-order valence-corrected chi connectivity index (χ0v) is 40.1. The number of fused-ring (bicyclic) bond motifs is 8. The van der Waals surface area contributed by atoms with Crippen molar-refractivity contribution in [2.45, 2.75) is 0 Å². The molecule has 0 atom stereocenters. The van der Waals surface area contributed by atoms with Crippen LogP contribution in [0.15, 0.2) is 123 Å². The minimum Gasteiger partial charge on any atom is -0.359 e. The van der Waals surface area contributed by atoms with Crippen LogP contribution in [0.1, 0.15) is 34.2 Å². The van der Waals surface area contributed by atoms with Crippen molar-refractivity contribution >= 4 is 11.6 Å². The Morgan fingerprint density at radius 1 is 0.287 bits per heavy atom. The number of benzene rings is 2. The largest absolute Gasteiger partial charge is 0.359 e. The molecule has 10 heterocycles. The van der Waals surface area contributed by atoms with Crippen molar-refractivity contribution in [3.63, 3.8) is 0 Å². The Bertz CT molecular complexity index is 4360. The van der Waals surface area contributed by atoms with Gasteiger partial charge < -0.3 is 9.69 Å². The number of rotatable bonds is 8. The molecule has 2 aromatic carbocycles. The quantitative estimate of drug-likeness (QED) is 0.156. The summed E-state index contributed by atoms with van der Waals surface area (Å²) in [5.41, 5.74) is 1.71. The monoisotopic (exact) mass is 1040 g/mol. The van der Waals surface area contributed by atoms with Crippen LogP contribution < -0.4 is 0 Å². The zero-order valence-electron chi connectivity index (χ0n) is 40.1. The molecule has 0 aliphatic heterocycles. The lowest BCUT2D eigenvalue weighted by Gasteiger charge is -2.30. The molecule has 80 heavy (non-hydrogen) atoms. The van der Waals surface area contributed by atoms with E-state index < -0.39 is 0 Å². The number of hydrogen-bond donors (Lipinski definition) is 0.